The highest BCUT2D eigenvalue weighted by molar-refractivity contribution is 5.81. The maximum Gasteiger partial charge on any atom is 0.263 e. The third kappa shape index (κ3) is 3.67. The lowest BCUT2D eigenvalue weighted by Gasteiger charge is -2.30. The fraction of sp³-hybridized carbons (Fsp3) is 0.500. The van der Waals surface area contributed by atoms with Gasteiger partial charge in [0, 0.05) is 13.1 Å². The number of hydrogen-bond acceptors (Lipinski definition) is 3. The van der Waals surface area contributed by atoms with Crippen molar-refractivity contribution in [1.29, 1.82) is 0 Å². The molecule has 1 aromatic carbocycles. The summed E-state index contributed by atoms with van der Waals surface area (Å²) < 4.78 is 23.7. The number of hydrogen-bond donors (Lipinski definition) is 0. The average molecular weight is 267 g/mol. The predicted octanol–water partition coefficient (Wildman–Crippen LogP) is 1.84. The molecular formula is C14H18FNO3. The van der Waals surface area contributed by atoms with Crippen molar-refractivity contribution in [2.24, 2.45) is 0 Å². The predicted molar refractivity (Wildman–Crippen MR) is 68.5 cm³/mol. The Labute approximate surface area is 112 Å². The number of carbonyl (C=O) groups excluding carboxylic acids is 1. The Morgan fingerprint density at radius 2 is 2.00 bits per heavy atom. The van der Waals surface area contributed by atoms with Gasteiger partial charge < -0.3 is 14.4 Å². The summed E-state index contributed by atoms with van der Waals surface area (Å²) in [6, 6.07) is 5.71. The minimum absolute atomic E-state index is 0.0323. The molecule has 0 N–H and O–H groups in total. The van der Waals surface area contributed by atoms with Crippen molar-refractivity contribution in [2.45, 2.75) is 19.4 Å². The molecule has 1 aliphatic heterocycles. The summed E-state index contributed by atoms with van der Waals surface area (Å²) in [6.07, 6.45) is 0.0525. The summed E-state index contributed by atoms with van der Waals surface area (Å²) in [6.45, 7) is 4.23. The fourth-order valence-corrected chi connectivity index (χ4v) is 1.97. The second-order valence-corrected chi connectivity index (χ2v) is 4.41. The largest absolute Gasteiger partial charge is 0.481 e. The van der Waals surface area contributed by atoms with Gasteiger partial charge in [0.25, 0.3) is 5.91 Å². The van der Waals surface area contributed by atoms with Crippen molar-refractivity contribution in [3.05, 3.63) is 30.1 Å². The standard InChI is InChI=1S/C14H18FNO3/c1-2-13(14(17)16-7-9-18-10-8-16)19-12-5-3-11(15)4-6-12/h3-6,13H,2,7-10H2,1H3/t13-/m1/s1. The van der Waals surface area contributed by atoms with E-state index in [9.17, 15) is 9.18 Å². The van der Waals surface area contributed by atoms with Gasteiger partial charge in [-0.15, -0.1) is 0 Å². The smallest absolute Gasteiger partial charge is 0.263 e. The first-order valence-electron chi connectivity index (χ1n) is 6.49. The first kappa shape index (κ1) is 13.8. The normalized spacial score (nSPS) is 17.1. The van der Waals surface area contributed by atoms with E-state index in [1.165, 1.54) is 24.3 Å². The van der Waals surface area contributed by atoms with Crippen LogP contribution in [0.4, 0.5) is 4.39 Å². The van der Waals surface area contributed by atoms with Crippen LogP contribution in [-0.4, -0.2) is 43.2 Å². The maximum atomic E-state index is 12.8. The number of ether oxygens (including phenoxy) is 2. The number of rotatable bonds is 4. The number of benzene rings is 1. The third-order valence-electron chi connectivity index (χ3n) is 3.06. The molecule has 0 aliphatic carbocycles. The lowest BCUT2D eigenvalue weighted by atomic mass is 10.2. The Morgan fingerprint density at radius 3 is 2.58 bits per heavy atom. The maximum absolute atomic E-state index is 12.8. The van der Waals surface area contributed by atoms with Crippen LogP contribution in [0, 0.1) is 5.82 Å². The molecule has 1 aliphatic rings. The zero-order valence-corrected chi connectivity index (χ0v) is 11.0. The van der Waals surface area contributed by atoms with E-state index in [4.69, 9.17) is 9.47 Å². The van der Waals surface area contributed by atoms with E-state index in [0.717, 1.165) is 0 Å². The van der Waals surface area contributed by atoms with Crippen molar-refractivity contribution in [3.8, 4) is 5.75 Å². The lowest BCUT2D eigenvalue weighted by Crippen LogP contribution is -2.47. The molecule has 1 aromatic rings. The number of halogens is 1. The van der Waals surface area contributed by atoms with Crippen molar-refractivity contribution in [3.63, 3.8) is 0 Å². The van der Waals surface area contributed by atoms with Crippen LogP contribution >= 0.6 is 0 Å². The third-order valence-corrected chi connectivity index (χ3v) is 3.06. The Hall–Kier alpha value is -1.62. The van der Waals surface area contributed by atoms with Gasteiger partial charge in [0.2, 0.25) is 0 Å². The highest BCUT2D eigenvalue weighted by atomic mass is 19.1. The number of amides is 1. The van der Waals surface area contributed by atoms with E-state index in [1.807, 2.05) is 6.92 Å². The lowest BCUT2D eigenvalue weighted by molar-refractivity contribution is -0.142. The van der Waals surface area contributed by atoms with Gasteiger partial charge >= 0.3 is 0 Å². The first-order valence-corrected chi connectivity index (χ1v) is 6.49. The molecule has 1 amide bonds. The SMILES string of the molecule is CC[C@@H](Oc1ccc(F)cc1)C(=O)N1CCOCC1. The molecule has 0 aromatic heterocycles. The number of nitrogens with zero attached hydrogens (tertiary/aromatic N) is 1. The fourth-order valence-electron chi connectivity index (χ4n) is 1.97. The molecule has 1 fully saturated rings. The minimum atomic E-state index is -0.524. The van der Waals surface area contributed by atoms with Crippen LogP contribution in [0.2, 0.25) is 0 Å². The Balaban J connectivity index is 1.98. The molecule has 0 bridgehead atoms. The van der Waals surface area contributed by atoms with Gasteiger partial charge in [0.05, 0.1) is 13.2 Å². The number of morpholine rings is 1. The summed E-state index contributed by atoms with van der Waals surface area (Å²) in [5.41, 5.74) is 0. The van der Waals surface area contributed by atoms with Crippen molar-refractivity contribution < 1.29 is 18.7 Å². The highest BCUT2D eigenvalue weighted by Gasteiger charge is 2.25. The van der Waals surface area contributed by atoms with Gasteiger partial charge in [0.15, 0.2) is 6.10 Å². The Kier molecular flexibility index (Phi) is 4.74. The van der Waals surface area contributed by atoms with Crippen LogP contribution in [-0.2, 0) is 9.53 Å². The molecule has 0 radical (unpaired) electrons. The molecule has 0 unspecified atom stereocenters. The van der Waals surface area contributed by atoms with Gasteiger partial charge in [-0.2, -0.15) is 0 Å². The minimum Gasteiger partial charge on any atom is -0.481 e. The van der Waals surface area contributed by atoms with Crippen molar-refractivity contribution in [2.75, 3.05) is 26.3 Å². The van der Waals surface area contributed by atoms with Crippen molar-refractivity contribution >= 4 is 5.91 Å². The highest BCUT2D eigenvalue weighted by Crippen LogP contribution is 2.16. The molecule has 5 heteroatoms. The molecule has 4 nitrogen and oxygen atoms in total. The summed E-state index contributed by atoms with van der Waals surface area (Å²) in [4.78, 5) is 14.0. The van der Waals surface area contributed by atoms with Crippen LogP contribution in [0.15, 0.2) is 24.3 Å². The van der Waals surface area contributed by atoms with Crippen LogP contribution < -0.4 is 4.74 Å². The molecule has 1 saturated heterocycles. The van der Waals surface area contributed by atoms with Crippen LogP contribution in [0.5, 0.6) is 5.75 Å². The zero-order chi connectivity index (χ0) is 13.7. The summed E-state index contributed by atoms with van der Waals surface area (Å²) in [5.74, 6) is 0.157. The molecule has 0 spiro atoms. The van der Waals surface area contributed by atoms with E-state index < -0.39 is 6.10 Å². The molecule has 1 atom stereocenters. The van der Waals surface area contributed by atoms with Crippen LogP contribution in [0.3, 0.4) is 0 Å². The van der Waals surface area contributed by atoms with Crippen LogP contribution in [0.1, 0.15) is 13.3 Å². The quantitative estimate of drug-likeness (QED) is 0.835. The molecule has 2 rings (SSSR count). The van der Waals surface area contributed by atoms with Gasteiger partial charge in [0.1, 0.15) is 11.6 Å². The molecule has 104 valence electrons. The van der Waals surface area contributed by atoms with Crippen LogP contribution in [0.25, 0.3) is 0 Å². The van der Waals surface area contributed by atoms with Gasteiger partial charge in [-0.1, -0.05) is 6.92 Å². The second-order valence-electron chi connectivity index (χ2n) is 4.41. The van der Waals surface area contributed by atoms with Gasteiger partial charge in [-0.05, 0) is 30.7 Å². The number of carbonyl (C=O) groups is 1. The molecule has 0 saturated carbocycles. The zero-order valence-electron chi connectivity index (χ0n) is 11.0. The Bertz CT molecular complexity index is 415. The topological polar surface area (TPSA) is 38.8 Å². The molecule has 19 heavy (non-hydrogen) atoms. The first-order chi connectivity index (χ1) is 9.20. The van der Waals surface area contributed by atoms with E-state index in [2.05, 4.69) is 0 Å². The Morgan fingerprint density at radius 1 is 1.37 bits per heavy atom. The summed E-state index contributed by atoms with van der Waals surface area (Å²) in [7, 11) is 0. The average Bonchev–Trinajstić information content (AvgIpc) is 2.47. The summed E-state index contributed by atoms with van der Waals surface area (Å²) >= 11 is 0. The second kappa shape index (κ2) is 6.52. The summed E-state index contributed by atoms with van der Waals surface area (Å²) in [5, 5.41) is 0. The molecule has 1 heterocycles. The van der Waals surface area contributed by atoms with E-state index in [0.29, 0.717) is 38.5 Å². The van der Waals surface area contributed by atoms with E-state index in [1.54, 1.807) is 4.90 Å². The molecular weight excluding hydrogens is 249 g/mol. The van der Waals surface area contributed by atoms with E-state index >= 15 is 0 Å². The van der Waals surface area contributed by atoms with Gasteiger partial charge in [-0.25, -0.2) is 4.39 Å². The van der Waals surface area contributed by atoms with Gasteiger partial charge in [-0.3, -0.25) is 4.79 Å². The monoisotopic (exact) mass is 267 g/mol. The van der Waals surface area contributed by atoms with E-state index in [-0.39, 0.29) is 11.7 Å². The van der Waals surface area contributed by atoms with Crippen molar-refractivity contribution in [1.82, 2.24) is 4.90 Å².